The van der Waals surface area contributed by atoms with Crippen LogP contribution in [0.25, 0.3) is 0 Å². The zero-order chi connectivity index (χ0) is 14.2. The van der Waals surface area contributed by atoms with Gasteiger partial charge in [-0.2, -0.15) is 0 Å². The fourth-order valence-corrected chi connectivity index (χ4v) is 4.00. The van der Waals surface area contributed by atoms with Gasteiger partial charge in [-0.25, -0.2) is 0 Å². The van der Waals surface area contributed by atoms with Crippen LogP contribution in [0.1, 0.15) is 77.0 Å². The van der Waals surface area contributed by atoms with E-state index in [1.807, 2.05) is 4.90 Å². The molecule has 1 amide bonds. The number of nitrogens with zero attached hydrogens (tertiary/aromatic N) is 1. The third-order valence-electron chi connectivity index (χ3n) is 5.15. The van der Waals surface area contributed by atoms with Crippen molar-refractivity contribution < 1.29 is 9.90 Å². The maximum absolute atomic E-state index is 12.4. The second kappa shape index (κ2) is 8.66. The van der Waals surface area contributed by atoms with Crippen LogP contribution in [0.4, 0.5) is 0 Å². The first kappa shape index (κ1) is 15.8. The van der Waals surface area contributed by atoms with Gasteiger partial charge in [0.15, 0.2) is 0 Å². The van der Waals surface area contributed by atoms with Crippen LogP contribution >= 0.6 is 0 Å². The molecule has 0 aromatic heterocycles. The highest BCUT2D eigenvalue weighted by molar-refractivity contribution is 5.76. The Morgan fingerprint density at radius 3 is 2.30 bits per heavy atom. The van der Waals surface area contributed by atoms with Gasteiger partial charge >= 0.3 is 0 Å². The number of hydrogen-bond acceptors (Lipinski definition) is 2. The molecule has 0 atom stereocenters. The first-order valence-corrected chi connectivity index (χ1v) is 8.71. The zero-order valence-electron chi connectivity index (χ0n) is 12.9. The molecule has 2 rings (SSSR count). The average Bonchev–Trinajstić information content (AvgIpc) is 2.99. The molecular weight excluding hydrogens is 250 g/mol. The molecule has 20 heavy (non-hydrogen) atoms. The molecule has 0 radical (unpaired) electrons. The summed E-state index contributed by atoms with van der Waals surface area (Å²) in [6.07, 6.45) is 14.6. The van der Waals surface area contributed by atoms with Crippen LogP contribution in [0.5, 0.6) is 0 Å². The Balaban J connectivity index is 1.70. The van der Waals surface area contributed by atoms with E-state index in [2.05, 4.69) is 0 Å². The highest BCUT2D eigenvalue weighted by atomic mass is 16.3. The van der Waals surface area contributed by atoms with E-state index in [-0.39, 0.29) is 12.5 Å². The standard InChI is InChI=1S/C17H31NO2/c19-14-13-18(16-10-4-5-11-16)17(20)12-6-9-15-7-2-1-3-8-15/h15-16,19H,1-14H2. The van der Waals surface area contributed by atoms with Crippen molar-refractivity contribution in [2.24, 2.45) is 5.92 Å². The summed E-state index contributed by atoms with van der Waals surface area (Å²) in [5.74, 6) is 1.15. The summed E-state index contributed by atoms with van der Waals surface area (Å²) in [6, 6.07) is 0.407. The molecule has 2 fully saturated rings. The van der Waals surface area contributed by atoms with Crippen LogP contribution in [0.2, 0.25) is 0 Å². The number of carbonyl (C=O) groups excluding carboxylic acids is 1. The van der Waals surface area contributed by atoms with E-state index in [0.717, 1.165) is 25.2 Å². The molecule has 0 heterocycles. The second-order valence-corrected chi connectivity index (χ2v) is 6.65. The first-order chi connectivity index (χ1) is 9.81. The van der Waals surface area contributed by atoms with Crippen molar-refractivity contribution in [3.05, 3.63) is 0 Å². The van der Waals surface area contributed by atoms with Crippen molar-refractivity contribution in [1.29, 1.82) is 0 Å². The molecule has 2 aliphatic carbocycles. The maximum atomic E-state index is 12.4. The van der Waals surface area contributed by atoms with Crippen LogP contribution in [0.15, 0.2) is 0 Å². The minimum Gasteiger partial charge on any atom is -0.395 e. The molecule has 3 heteroatoms. The lowest BCUT2D eigenvalue weighted by molar-refractivity contribution is -0.134. The Labute approximate surface area is 123 Å². The highest BCUT2D eigenvalue weighted by Gasteiger charge is 2.26. The normalized spacial score (nSPS) is 21.2. The van der Waals surface area contributed by atoms with E-state index in [1.54, 1.807) is 0 Å². The minimum atomic E-state index is 0.102. The lowest BCUT2D eigenvalue weighted by Crippen LogP contribution is -2.40. The summed E-state index contributed by atoms with van der Waals surface area (Å²) in [5.41, 5.74) is 0. The number of aliphatic hydroxyl groups is 1. The van der Waals surface area contributed by atoms with Crippen LogP contribution in [-0.4, -0.2) is 35.1 Å². The van der Waals surface area contributed by atoms with E-state index in [1.165, 1.54) is 51.4 Å². The summed E-state index contributed by atoms with van der Waals surface area (Å²) >= 11 is 0. The van der Waals surface area contributed by atoms with E-state index in [0.29, 0.717) is 19.0 Å². The molecule has 0 aromatic rings. The average molecular weight is 281 g/mol. The summed E-state index contributed by atoms with van der Waals surface area (Å²) in [4.78, 5) is 14.3. The number of hydrogen-bond donors (Lipinski definition) is 1. The minimum absolute atomic E-state index is 0.102. The molecular formula is C17H31NO2. The van der Waals surface area contributed by atoms with Crippen molar-refractivity contribution in [3.8, 4) is 0 Å². The van der Waals surface area contributed by atoms with Gasteiger partial charge in [-0.1, -0.05) is 44.9 Å². The van der Waals surface area contributed by atoms with E-state index in [9.17, 15) is 9.90 Å². The van der Waals surface area contributed by atoms with E-state index < -0.39 is 0 Å². The molecule has 0 unspecified atom stereocenters. The smallest absolute Gasteiger partial charge is 0.222 e. The molecule has 3 nitrogen and oxygen atoms in total. The van der Waals surface area contributed by atoms with Gasteiger partial charge in [-0.15, -0.1) is 0 Å². The van der Waals surface area contributed by atoms with Crippen molar-refractivity contribution in [1.82, 2.24) is 4.90 Å². The van der Waals surface area contributed by atoms with Gasteiger partial charge in [-0.3, -0.25) is 4.79 Å². The van der Waals surface area contributed by atoms with Gasteiger partial charge in [0.1, 0.15) is 0 Å². The van der Waals surface area contributed by atoms with Crippen molar-refractivity contribution in [2.45, 2.75) is 83.1 Å². The Bertz CT molecular complexity index is 281. The topological polar surface area (TPSA) is 40.5 Å². The SMILES string of the molecule is O=C(CCCC1CCCCC1)N(CCO)C1CCCC1. The summed E-state index contributed by atoms with van der Waals surface area (Å²) in [7, 11) is 0. The van der Waals surface area contributed by atoms with Gasteiger partial charge < -0.3 is 10.0 Å². The maximum Gasteiger partial charge on any atom is 0.222 e. The molecule has 116 valence electrons. The Kier molecular flexibility index (Phi) is 6.85. The van der Waals surface area contributed by atoms with Gasteiger partial charge in [-0.05, 0) is 31.6 Å². The molecule has 1 N–H and O–H groups in total. The molecule has 0 aliphatic heterocycles. The van der Waals surface area contributed by atoms with E-state index >= 15 is 0 Å². The third kappa shape index (κ3) is 4.76. The van der Waals surface area contributed by atoms with Gasteiger partial charge in [0.25, 0.3) is 0 Å². The predicted octanol–water partition coefficient (Wildman–Crippen LogP) is 3.50. The molecule has 0 saturated heterocycles. The predicted molar refractivity (Wildman–Crippen MR) is 81.5 cm³/mol. The Morgan fingerprint density at radius 2 is 1.65 bits per heavy atom. The third-order valence-corrected chi connectivity index (χ3v) is 5.15. The van der Waals surface area contributed by atoms with Crippen LogP contribution in [0, 0.1) is 5.92 Å². The highest BCUT2D eigenvalue weighted by Crippen LogP contribution is 2.28. The van der Waals surface area contributed by atoms with Crippen molar-refractivity contribution in [2.75, 3.05) is 13.2 Å². The lowest BCUT2D eigenvalue weighted by Gasteiger charge is -2.29. The fraction of sp³-hybridized carbons (Fsp3) is 0.941. The van der Waals surface area contributed by atoms with Crippen LogP contribution in [-0.2, 0) is 4.79 Å². The van der Waals surface area contributed by atoms with Crippen LogP contribution in [0.3, 0.4) is 0 Å². The number of aliphatic hydroxyl groups excluding tert-OH is 1. The summed E-state index contributed by atoms with van der Waals surface area (Å²) in [6.45, 7) is 0.637. The summed E-state index contributed by atoms with van der Waals surface area (Å²) < 4.78 is 0. The lowest BCUT2D eigenvalue weighted by atomic mass is 9.86. The zero-order valence-corrected chi connectivity index (χ0v) is 12.9. The monoisotopic (exact) mass is 281 g/mol. The van der Waals surface area contributed by atoms with Crippen LogP contribution < -0.4 is 0 Å². The molecule has 0 bridgehead atoms. The summed E-state index contributed by atoms with van der Waals surface area (Å²) in [5, 5.41) is 9.18. The van der Waals surface area contributed by atoms with E-state index in [4.69, 9.17) is 0 Å². The molecule has 0 aromatic carbocycles. The van der Waals surface area contributed by atoms with Gasteiger partial charge in [0, 0.05) is 19.0 Å². The van der Waals surface area contributed by atoms with Crippen molar-refractivity contribution >= 4 is 5.91 Å². The number of carbonyl (C=O) groups is 1. The van der Waals surface area contributed by atoms with Crippen molar-refractivity contribution in [3.63, 3.8) is 0 Å². The quantitative estimate of drug-likeness (QED) is 0.776. The Hall–Kier alpha value is -0.570. The van der Waals surface area contributed by atoms with Gasteiger partial charge in [0.2, 0.25) is 5.91 Å². The second-order valence-electron chi connectivity index (χ2n) is 6.65. The largest absolute Gasteiger partial charge is 0.395 e. The fourth-order valence-electron chi connectivity index (χ4n) is 4.00. The first-order valence-electron chi connectivity index (χ1n) is 8.71. The number of amides is 1. The number of rotatable bonds is 7. The molecule has 2 aliphatic rings. The Morgan fingerprint density at radius 1 is 1.00 bits per heavy atom. The van der Waals surface area contributed by atoms with Gasteiger partial charge in [0.05, 0.1) is 6.61 Å². The molecule has 2 saturated carbocycles. The molecule has 0 spiro atoms.